The van der Waals surface area contributed by atoms with Crippen molar-refractivity contribution in [3.63, 3.8) is 0 Å². The highest BCUT2D eigenvalue weighted by Crippen LogP contribution is 2.23. The number of hydrogen-bond donors (Lipinski definition) is 0. The van der Waals surface area contributed by atoms with Gasteiger partial charge in [-0.1, -0.05) is 36.4 Å². The molecule has 0 saturated carbocycles. The molecule has 0 bridgehead atoms. The number of hydrogen-bond acceptors (Lipinski definition) is 6. The molecule has 1 aliphatic heterocycles. The minimum atomic E-state index is -3.34. The van der Waals surface area contributed by atoms with Gasteiger partial charge >= 0.3 is 5.97 Å². The number of rotatable bonds is 7. The smallest absolute Gasteiger partial charge is 0.316 e. The lowest BCUT2D eigenvalue weighted by Gasteiger charge is -2.27. The standard InChI is InChI=1S/C20H19NO5S2/c22-19(13-26-20(23)14-27-18-9-5-2-6-10-18)21(16-7-3-1-4-8-16)17-11-12-28(24,25)15-17/h1-12,17H,13-15H2/t17-/m1/s1. The Morgan fingerprint density at radius 2 is 1.68 bits per heavy atom. The lowest BCUT2D eigenvalue weighted by Crippen LogP contribution is -2.43. The van der Waals surface area contributed by atoms with E-state index in [4.69, 9.17) is 4.74 Å². The molecule has 0 saturated heterocycles. The molecule has 3 rings (SSSR count). The van der Waals surface area contributed by atoms with Gasteiger partial charge in [0.05, 0.1) is 17.5 Å². The first-order valence-electron chi connectivity index (χ1n) is 8.56. The number of carbonyl (C=O) groups is 2. The van der Waals surface area contributed by atoms with Gasteiger partial charge in [-0.2, -0.15) is 0 Å². The SMILES string of the molecule is O=C(CSc1ccccc1)OCC(=O)N(c1ccccc1)[C@@H]1C=CS(=O)(=O)C1. The Kier molecular flexibility index (Phi) is 6.53. The Morgan fingerprint density at radius 1 is 1.04 bits per heavy atom. The van der Waals surface area contributed by atoms with Crippen molar-refractivity contribution in [1.82, 2.24) is 0 Å². The molecule has 8 heteroatoms. The Hall–Kier alpha value is -2.58. The number of ether oxygens (including phenoxy) is 1. The van der Waals surface area contributed by atoms with Gasteiger partial charge in [-0.05, 0) is 30.3 Å². The maximum atomic E-state index is 12.7. The molecule has 1 amide bonds. The first-order chi connectivity index (χ1) is 13.4. The molecule has 0 unspecified atom stereocenters. The zero-order chi connectivity index (χ0) is 20.0. The van der Waals surface area contributed by atoms with E-state index in [2.05, 4.69) is 0 Å². The highest BCUT2D eigenvalue weighted by molar-refractivity contribution is 8.00. The van der Waals surface area contributed by atoms with Crippen LogP contribution in [-0.4, -0.2) is 44.4 Å². The highest BCUT2D eigenvalue weighted by Gasteiger charge is 2.31. The maximum absolute atomic E-state index is 12.7. The first-order valence-corrected chi connectivity index (χ1v) is 11.3. The van der Waals surface area contributed by atoms with Crippen molar-refractivity contribution >= 4 is 39.2 Å². The molecule has 0 fully saturated rings. The second-order valence-electron chi connectivity index (χ2n) is 6.09. The van der Waals surface area contributed by atoms with Crippen molar-refractivity contribution in [1.29, 1.82) is 0 Å². The van der Waals surface area contributed by atoms with Gasteiger partial charge in [0.15, 0.2) is 16.4 Å². The third-order valence-corrected chi connectivity index (χ3v) is 6.37. The summed E-state index contributed by atoms with van der Waals surface area (Å²) in [5.74, 6) is -1.09. The number of anilines is 1. The van der Waals surface area contributed by atoms with Crippen LogP contribution in [-0.2, 0) is 24.2 Å². The van der Waals surface area contributed by atoms with Crippen LogP contribution < -0.4 is 4.90 Å². The summed E-state index contributed by atoms with van der Waals surface area (Å²) in [5.41, 5.74) is 0.550. The molecule has 28 heavy (non-hydrogen) atoms. The van der Waals surface area contributed by atoms with Crippen molar-refractivity contribution in [3.8, 4) is 0 Å². The van der Waals surface area contributed by atoms with Crippen LogP contribution in [0.3, 0.4) is 0 Å². The van der Waals surface area contributed by atoms with Crippen molar-refractivity contribution < 1.29 is 22.7 Å². The minimum Gasteiger partial charge on any atom is -0.455 e. The Balaban J connectivity index is 1.62. The van der Waals surface area contributed by atoms with Crippen molar-refractivity contribution in [2.45, 2.75) is 10.9 Å². The van der Waals surface area contributed by atoms with E-state index in [9.17, 15) is 18.0 Å². The number of esters is 1. The molecule has 0 spiro atoms. The van der Waals surface area contributed by atoms with Crippen LogP contribution in [0.1, 0.15) is 0 Å². The topological polar surface area (TPSA) is 80.8 Å². The van der Waals surface area contributed by atoms with Crippen LogP contribution >= 0.6 is 11.8 Å². The molecule has 1 aliphatic rings. The van der Waals surface area contributed by atoms with Gasteiger partial charge < -0.3 is 9.64 Å². The summed E-state index contributed by atoms with van der Waals surface area (Å²) in [6.07, 6.45) is 1.48. The second-order valence-corrected chi connectivity index (χ2v) is 9.07. The molecule has 2 aromatic carbocycles. The average Bonchev–Trinajstić information content (AvgIpc) is 3.06. The van der Waals surface area contributed by atoms with Crippen LogP contribution in [0.2, 0.25) is 0 Å². The number of sulfone groups is 1. The monoisotopic (exact) mass is 417 g/mol. The predicted molar refractivity (Wildman–Crippen MR) is 109 cm³/mol. The summed E-state index contributed by atoms with van der Waals surface area (Å²) < 4.78 is 28.7. The van der Waals surface area contributed by atoms with Crippen LogP contribution in [0.25, 0.3) is 0 Å². The van der Waals surface area contributed by atoms with E-state index in [0.717, 1.165) is 10.3 Å². The molecule has 1 atom stereocenters. The summed E-state index contributed by atoms with van der Waals surface area (Å²) in [5, 5.41) is 1.11. The molecule has 1 heterocycles. The van der Waals surface area contributed by atoms with Gasteiger partial charge in [-0.25, -0.2) is 8.42 Å². The summed E-state index contributed by atoms with van der Waals surface area (Å²) in [7, 11) is -3.34. The van der Waals surface area contributed by atoms with E-state index in [-0.39, 0.29) is 11.5 Å². The average molecular weight is 418 g/mol. The van der Waals surface area contributed by atoms with Gasteiger partial charge in [0, 0.05) is 16.0 Å². The van der Waals surface area contributed by atoms with Crippen molar-refractivity contribution in [2.75, 3.05) is 23.0 Å². The summed E-state index contributed by atoms with van der Waals surface area (Å²) in [4.78, 5) is 27.0. The Morgan fingerprint density at radius 3 is 2.29 bits per heavy atom. The molecule has 2 aromatic rings. The van der Waals surface area contributed by atoms with Crippen LogP contribution in [0, 0.1) is 0 Å². The molecule has 0 aliphatic carbocycles. The number of benzene rings is 2. The van der Waals surface area contributed by atoms with Gasteiger partial charge in [-0.15, -0.1) is 11.8 Å². The zero-order valence-electron chi connectivity index (χ0n) is 14.9. The fourth-order valence-corrected chi connectivity index (χ4v) is 4.73. The molecule has 6 nitrogen and oxygen atoms in total. The zero-order valence-corrected chi connectivity index (χ0v) is 16.6. The normalized spacial score (nSPS) is 17.2. The number of para-hydroxylation sites is 1. The van der Waals surface area contributed by atoms with Gasteiger partial charge in [-0.3, -0.25) is 9.59 Å². The molecule has 146 valence electrons. The summed E-state index contributed by atoms with van der Waals surface area (Å²) in [6.45, 7) is -0.451. The largest absolute Gasteiger partial charge is 0.455 e. The number of amides is 1. The quantitative estimate of drug-likeness (QED) is 0.509. The minimum absolute atomic E-state index is 0.0837. The fourth-order valence-electron chi connectivity index (χ4n) is 2.74. The Labute approximate surface area is 168 Å². The van der Waals surface area contributed by atoms with Crippen LogP contribution in [0.15, 0.2) is 77.0 Å². The predicted octanol–water partition coefficient (Wildman–Crippen LogP) is 2.67. The fraction of sp³-hybridized carbons (Fsp3) is 0.200. The highest BCUT2D eigenvalue weighted by atomic mass is 32.2. The van der Waals surface area contributed by atoms with Crippen molar-refractivity contribution in [3.05, 3.63) is 72.1 Å². The van der Waals surface area contributed by atoms with E-state index in [1.807, 2.05) is 30.3 Å². The molecular weight excluding hydrogens is 398 g/mol. The van der Waals surface area contributed by atoms with Crippen LogP contribution in [0.5, 0.6) is 0 Å². The molecule has 0 N–H and O–H groups in total. The number of carbonyl (C=O) groups excluding carboxylic acids is 2. The lowest BCUT2D eigenvalue weighted by molar-refractivity contribution is -0.145. The Bertz CT molecular complexity index is 959. The van der Waals surface area contributed by atoms with Gasteiger partial charge in [0.25, 0.3) is 5.91 Å². The van der Waals surface area contributed by atoms with E-state index < -0.39 is 34.4 Å². The molecule has 0 radical (unpaired) electrons. The first kappa shape index (κ1) is 20.2. The van der Waals surface area contributed by atoms with E-state index in [1.165, 1.54) is 22.7 Å². The summed E-state index contributed by atoms with van der Waals surface area (Å²) >= 11 is 1.32. The van der Waals surface area contributed by atoms with E-state index >= 15 is 0 Å². The van der Waals surface area contributed by atoms with Crippen LogP contribution in [0.4, 0.5) is 5.69 Å². The van der Waals surface area contributed by atoms with E-state index in [1.54, 1.807) is 30.3 Å². The van der Waals surface area contributed by atoms with Gasteiger partial charge in [0.2, 0.25) is 0 Å². The third-order valence-electron chi connectivity index (χ3n) is 4.00. The third kappa shape index (κ3) is 5.46. The molecule has 0 aromatic heterocycles. The van der Waals surface area contributed by atoms with Crippen molar-refractivity contribution in [2.24, 2.45) is 0 Å². The lowest BCUT2D eigenvalue weighted by atomic mass is 10.2. The molecular formula is C20H19NO5S2. The van der Waals surface area contributed by atoms with E-state index in [0.29, 0.717) is 5.69 Å². The number of thioether (sulfide) groups is 1. The summed E-state index contributed by atoms with van der Waals surface area (Å²) in [6, 6.07) is 17.5. The number of nitrogens with zero attached hydrogens (tertiary/aromatic N) is 1. The van der Waals surface area contributed by atoms with Gasteiger partial charge in [0.1, 0.15) is 0 Å². The second kappa shape index (κ2) is 9.07. The maximum Gasteiger partial charge on any atom is 0.316 e.